The molecule has 48 heavy (non-hydrogen) atoms. The van der Waals surface area contributed by atoms with Crippen molar-refractivity contribution in [1.29, 1.82) is 5.26 Å². The summed E-state index contributed by atoms with van der Waals surface area (Å²) >= 11 is 0. The molecule has 1 aliphatic rings. The van der Waals surface area contributed by atoms with Crippen molar-refractivity contribution in [2.45, 2.75) is 102 Å². The monoisotopic (exact) mass is 673 g/mol. The molecule has 1 aliphatic heterocycles. The first kappa shape index (κ1) is 39.4. The maximum atomic E-state index is 10.8. The van der Waals surface area contributed by atoms with Gasteiger partial charge in [-0.2, -0.15) is 5.26 Å². The van der Waals surface area contributed by atoms with Crippen molar-refractivity contribution in [2.75, 3.05) is 46.9 Å². The van der Waals surface area contributed by atoms with Crippen LogP contribution in [0.5, 0.6) is 11.5 Å². The molecule has 4 rings (SSSR count). The lowest BCUT2D eigenvalue weighted by molar-refractivity contribution is 0.107. The molecule has 0 spiro atoms. The third-order valence-corrected chi connectivity index (χ3v) is 10.2. The number of piperazine rings is 1. The summed E-state index contributed by atoms with van der Waals surface area (Å²) in [6.07, 6.45) is 15.7. The number of methoxy groups -OCH3 is 2. The summed E-state index contributed by atoms with van der Waals surface area (Å²) in [5.74, 6) is 1.42. The van der Waals surface area contributed by atoms with Gasteiger partial charge in [-0.15, -0.1) is 12.4 Å². The fourth-order valence-electron chi connectivity index (χ4n) is 7.37. The quantitative estimate of drug-likeness (QED) is 0.105. The number of ether oxygens (including phenoxy) is 2. The van der Waals surface area contributed by atoms with E-state index in [4.69, 9.17) is 9.47 Å². The zero-order chi connectivity index (χ0) is 33.2. The molecule has 0 radical (unpaired) electrons. The van der Waals surface area contributed by atoms with Crippen molar-refractivity contribution in [3.8, 4) is 17.6 Å². The highest BCUT2D eigenvalue weighted by Gasteiger charge is 2.33. The van der Waals surface area contributed by atoms with Crippen molar-refractivity contribution in [3.05, 3.63) is 95.6 Å². The lowest BCUT2D eigenvalue weighted by Crippen LogP contribution is -2.48. The van der Waals surface area contributed by atoms with Crippen molar-refractivity contribution in [1.82, 2.24) is 9.80 Å². The number of benzene rings is 3. The summed E-state index contributed by atoms with van der Waals surface area (Å²) in [7, 11) is 3.35. The van der Waals surface area contributed by atoms with Gasteiger partial charge in [0.15, 0.2) is 11.5 Å². The number of hydrogen-bond acceptors (Lipinski definition) is 5. The van der Waals surface area contributed by atoms with E-state index in [0.717, 1.165) is 64.0 Å². The van der Waals surface area contributed by atoms with Gasteiger partial charge in [-0.1, -0.05) is 138 Å². The van der Waals surface area contributed by atoms with Crippen LogP contribution in [0.25, 0.3) is 0 Å². The van der Waals surface area contributed by atoms with Crippen molar-refractivity contribution < 1.29 is 9.47 Å². The molecule has 1 unspecified atom stereocenters. The van der Waals surface area contributed by atoms with E-state index in [2.05, 4.69) is 89.5 Å². The third kappa shape index (κ3) is 11.5. The zero-order valence-corrected chi connectivity index (χ0v) is 30.7. The fourth-order valence-corrected chi connectivity index (χ4v) is 7.37. The van der Waals surface area contributed by atoms with Gasteiger partial charge in [0.1, 0.15) is 0 Å². The van der Waals surface area contributed by atoms with E-state index >= 15 is 0 Å². The first-order chi connectivity index (χ1) is 23.1. The van der Waals surface area contributed by atoms with Gasteiger partial charge in [0, 0.05) is 26.2 Å². The van der Waals surface area contributed by atoms with E-state index in [1.54, 1.807) is 14.2 Å². The molecular weight excluding hydrogens is 614 g/mol. The normalized spacial score (nSPS) is 15.0. The van der Waals surface area contributed by atoms with Gasteiger partial charge in [0.05, 0.1) is 31.7 Å². The Kier molecular flexibility index (Phi) is 17.9. The maximum Gasteiger partial charge on any atom is 0.161 e. The van der Waals surface area contributed by atoms with Crippen LogP contribution < -0.4 is 9.47 Å². The summed E-state index contributed by atoms with van der Waals surface area (Å²) < 4.78 is 11.2. The van der Waals surface area contributed by atoms with Gasteiger partial charge in [-0.05, 0) is 54.6 Å². The number of nitriles is 1. The summed E-state index contributed by atoms with van der Waals surface area (Å²) in [4.78, 5) is 5.23. The second-order valence-electron chi connectivity index (χ2n) is 13.4. The number of nitrogens with zero attached hydrogens (tertiary/aromatic N) is 3. The lowest BCUT2D eigenvalue weighted by Gasteiger charge is -2.40. The molecule has 1 atom stereocenters. The van der Waals surface area contributed by atoms with Crippen molar-refractivity contribution in [2.24, 2.45) is 0 Å². The SMILES string of the molecule is CCCCCCCCCCCCC(C#N)(CCCN1CCN(C(c2ccccc2)c2ccccc2)CC1)c1ccc(OC)c(OC)c1.Cl. The Balaban J connectivity index is 0.00000625. The van der Waals surface area contributed by atoms with Crippen LogP contribution in [-0.2, 0) is 5.41 Å². The molecule has 0 N–H and O–H groups in total. The van der Waals surface area contributed by atoms with Crippen LogP contribution in [0.4, 0.5) is 0 Å². The minimum Gasteiger partial charge on any atom is -0.493 e. The Bertz CT molecular complexity index is 1280. The molecule has 1 fully saturated rings. The topological polar surface area (TPSA) is 48.7 Å². The van der Waals surface area contributed by atoms with Gasteiger partial charge >= 0.3 is 0 Å². The number of unbranched alkanes of at least 4 members (excludes halogenated alkanes) is 9. The number of hydrogen-bond donors (Lipinski definition) is 0. The Morgan fingerprint density at radius 1 is 0.667 bits per heavy atom. The maximum absolute atomic E-state index is 10.8. The van der Waals surface area contributed by atoms with Gasteiger partial charge in [0.25, 0.3) is 0 Å². The van der Waals surface area contributed by atoms with E-state index in [1.165, 1.54) is 68.9 Å². The molecule has 0 saturated carbocycles. The molecule has 3 aromatic carbocycles. The summed E-state index contributed by atoms with van der Waals surface area (Å²) in [6, 6.07) is 31.0. The highest BCUT2D eigenvalue weighted by molar-refractivity contribution is 5.85. The van der Waals surface area contributed by atoms with Crippen LogP contribution in [-0.4, -0.2) is 56.7 Å². The summed E-state index contributed by atoms with van der Waals surface area (Å²) in [5.41, 5.74) is 3.25. The molecule has 6 heteroatoms. The van der Waals surface area contributed by atoms with Crippen LogP contribution >= 0.6 is 12.4 Å². The smallest absolute Gasteiger partial charge is 0.161 e. The van der Waals surface area contributed by atoms with Gasteiger partial charge in [0.2, 0.25) is 0 Å². The molecular formula is C42H60ClN3O2. The van der Waals surface area contributed by atoms with Crippen LogP contribution in [0, 0.1) is 11.3 Å². The van der Waals surface area contributed by atoms with E-state index in [-0.39, 0.29) is 18.4 Å². The molecule has 1 saturated heterocycles. The van der Waals surface area contributed by atoms with Crippen LogP contribution in [0.3, 0.4) is 0 Å². The van der Waals surface area contributed by atoms with Crippen molar-refractivity contribution >= 4 is 12.4 Å². The predicted molar refractivity (Wildman–Crippen MR) is 203 cm³/mol. The van der Waals surface area contributed by atoms with E-state index in [0.29, 0.717) is 11.5 Å². The lowest BCUT2D eigenvalue weighted by atomic mass is 9.74. The van der Waals surface area contributed by atoms with E-state index < -0.39 is 5.41 Å². The van der Waals surface area contributed by atoms with E-state index in [9.17, 15) is 5.26 Å². The Labute approximate surface area is 298 Å². The highest BCUT2D eigenvalue weighted by atomic mass is 35.5. The van der Waals surface area contributed by atoms with Crippen LogP contribution in [0.15, 0.2) is 78.9 Å². The zero-order valence-electron chi connectivity index (χ0n) is 29.9. The molecule has 262 valence electrons. The first-order valence-electron chi connectivity index (χ1n) is 18.3. The average molecular weight is 674 g/mol. The van der Waals surface area contributed by atoms with Crippen LogP contribution in [0.1, 0.15) is 113 Å². The molecule has 0 amide bonds. The van der Waals surface area contributed by atoms with Gasteiger partial charge < -0.3 is 14.4 Å². The van der Waals surface area contributed by atoms with E-state index in [1.807, 2.05) is 12.1 Å². The second kappa shape index (κ2) is 21.8. The minimum atomic E-state index is -0.521. The summed E-state index contributed by atoms with van der Waals surface area (Å²) in [6.45, 7) is 7.45. The summed E-state index contributed by atoms with van der Waals surface area (Å²) in [5, 5.41) is 10.8. The average Bonchev–Trinajstić information content (AvgIpc) is 3.13. The first-order valence-corrected chi connectivity index (χ1v) is 18.3. The molecule has 1 heterocycles. The highest BCUT2D eigenvalue weighted by Crippen LogP contribution is 2.39. The standard InChI is InChI=1S/C42H59N3O2.ClH/c1-4-5-6-7-8-9-10-11-12-19-27-42(35-43,38-25-26-39(46-2)40(34-38)47-3)28-20-29-44-30-32-45(33-31-44)41(36-21-15-13-16-22-36)37-23-17-14-18-24-37;/h13-18,21-26,34,41H,4-12,19-20,27-33H2,1-3H3;1H. The predicted octanol–water partition coefficient (Wildman–Crippen LogP) is 10.4. The molecule has 0 aliphatic carbocycles. The molecule has 0 aromatic heterocycles. The number of halogens is 1. The third-order valence-electron chi connectivity index (χ3n) is 10.2. The minimum absolute atomic E-state index is 0. The van der Waals surface area contributed by atoms with Gasteiger partial charge in [-0.25, -0.2) is 0 Å². The largest absolute Gasteiger partial charge is 0.493 e. The molecule has 5 nitrogen and oxygen atoms in total. The fraction of sp³-hybridized carbons (Fsp3) is 0.548. The Morgan fingerprint density at radius 2 is 1.19 bits per heavy atom. The molecule has 0 bridgehead atoms. The second-order valence-corrected chi connectivity index (χ2v) is 13.4. The Hall–Kier alpha value is -3.04. The van der Waals surface area contributed by atoms with Crippen LogP contribution in [0.2, 0.25) is 0 Å². The van der Waals surface area contributed by atoms with Gasteiger partial charge in [-0.3, -0.25) is 4.90 Å². The Morgan fingerprint density at radius 3 is 1.71 bits per heavy atom. The van der Waals surface area contributed by atoms with Crippen molar-refractivity contribution in [3.63, 3.8) is 0 Å². The molecule has 3 aromatic rings. The number of rotatable bonds is 21.